The molecule has 2 heterocycles. The first kappa shape index (κ1) is 29.9. The molecule has 4 rings (SSSR count). The molecular formula is C26H32O14. The second-order valence-electron chi connectivity index (χ2n) is 10.0. The summed E-state index contributed by atoms with van der Waals surface area (Å²) in [5.41, 5.74) is -4.16. The average Bonchev–Trinajstić information content (AvgIpc) is 3.13. The molecule has 10 atom stereocenters. The van der Waals surface area contributed by atoms with Crippen LogP contribution in [0.2, 0.25) is 0 Å². The normalized spacial score (nSPS) is 39.2. The molecule has 7 N–H and O–H groups in total. The van der Waals surface area contributed by atoms with Crippen LogP contribution in [0.15, 0.2) is 42.2 Å². The highest BCUT2D eigenvalue weighted by atomic mass is 16.8. The van der Waals surface area contributed by atoms with E-state index in [0.717, 1.165) is 19.4 Å². The van der Waals surface area contributed by atoms with Crippen molar-refractivity contribution in [3.05, 3.63) is 47.7 Å². The number of carbonyl (C=O) groups is 2. The maximum atomic E-state index is 12.6. The van der Waals surface area contributed by atoms with E-state index in [9.17, 15) is 45.3 Å². The molecule has 1 saturated carbocycles. The van der Waals surface area contributed by atoms with Crippen LogP contribution >= 0.6 is 0 Å². The number of rotatable bonds is 7. The minimum Gasteiger partial charge on any atom is -0.508 e. The van der Waals surface area contributed by atoms with Crippen LogP contribution in [-0.4, -0.2) is 116 Å². The van der Waals surface area contributed by atoms with Crippen LogP contribution in [0.25, 0.3) is 6.08 Å². The maximum Gasteiger partial charge on any atom is 0.339 e. The summed E-state index contributed by atoms with van der Waals surface area (Å²) in [5.74, 6) is -3.38. The molecule has 0 bridgehead atoms. The van der Waals surface area contributed by atoms with Gasteiger partial charge in [-0.3, -0.25) is 0 Å². The minimum atomic E-state index is -2.22. The van der Waals surface area contributed by atoms with Crippen molar-refractivity contribution in [3.8, 4) is 5.75 Å². The Balaban J connectivity index is 1.60. The number of benzene rings is 1. The predicted molar refractivity (Wildman–Crippen MR) is 131 cm³/mol. The van der Waals surface area contributed by atoms with Crippen molar-refractivity contribution in [2.75, 3.05) is 13.7 Å². The second kappa shape index (κ2) is 11.4. The van der Waals surface area contributed by atoms with Crippen LogP contribution in [0.4, 0.5) is 0 Å². The lowest BCUT2D eigenvalue weighted by atomic mass is 9.77. The molecule has 1 aromatic rings. The van der Waals surface area contributed by atoms with Crippen LogP contribution in [-0.2, 0) is 33.3 Å². The van der Waals surface area contributed by atoms with Crippen LogP contribution in [0.3, 0.4) is 0 Å². The van der Waals surface area contributed by atoms with E-state index < -0.39 is 90.8 Å². The lowest BCUT2D eigenvalue weighted by Gasteiger charge is -2.46. The van der Waals surface area contributed by atoms with E-state index in [1.807, 2.05) is 0 Å². The first-order valence-corrected chi connectivity index (χ1v) is 12.4. The third-order valence-corrected chi connectivity index (χ3v) is 7.44. The number of aliphatic hydroxyl groups is 6. The first-order chi connectivity index (χ1) is 18.8. The van der Waals surface area contributed by atoms with Gasteiger partial charge in [0.15, 0.2) is 6.29 Å². The van der Waals surface area contributed by atoms with Gasteiger partial charge in [0, 0.05) is 12.5 Å². The van der Waals surface area contributed by atoms with Gasteiger partial charge in [-0.05, 0) is 30.7 Å². The largest absolute Gasteiger partial charge is 0.508 e. The van der Waals surface area contributed by atoms with E-state index in [-0.39, 0.29) is 5.75 Å². The summed E-state index contributed by atoms with van der Waals surface area (Å²) in [6, 6.07) is 5.94. The molecule has 1 aromatic carbocycles. The van der Waals surface area contributed by atoms with Gasteiger partial charge in [-0.2, -0.15) is 0 Å². The number of aliphatic hydroxyl groups excluding tert-OH is 4. The fourth-order valence-electron chi connectivity index (χ4n) is 5.24. The SMILES string of the molecule is COC(=O)C1=CO[C@H](O[C@H]2O[C@@H](CO)[C@H](O)[C@@H](O)[C@@H]2O)[C@H]2[C@](C)(O)[C@H](OC(=O)/C=C/c3ccc(O)cc3)C[C@@]12O. The Morgan fingerprint density at radius 3 is 2.38 bits per heavy atom. The molecule has 2 aliphatic heterocycles. The number of aromatic hydroxyl groups is 1. The molecule has 0 unspecified atom stereocenters. The Morgan fingerprint density at radius 2 is 1.75 bits per heavy atom. The fourth-order valence-corrected chi connectivity index (χ4v) is 5.24. The van der Waals surface area contributed by atoms with Crippen molar-refractivity contribution in [1.29, 1.82) is 0 Å². The van der Waals surface area contributed by atoms with E-state index in [1.54, 1.807) is 12.1 Å². The van der Waals surface area contributed by atoms with E-state index in [1.165, 1.54) is 25.1 Å². The number of phenolic OH excluding ortho intramolecular Hbond substituents is 1. The molecule has 0 amide bonds. The summed E-state index contributed by atoms with van der Waals surface area (Å²) in [5, 5.41) is 72.7. The number of carbonyl (C=O) groups excluding carboxylic acids is 2. The van der Waals surface area contributed by atoms with Crippen molar-refractivity contribution in [3.63, 3.8) is 0 Å². The summed E-state index contributed by atoms with van der Waals surface area (Å²) >= 11 is 0. The van der Waals surface area contributed by atoms with Crippen LogP contribution in [0.1, 0.15) is 18.9 Å². The molecule has 14 nitrogen and oxygen atoms in total. The molecule has 1 saturated heterocycles. The number of fused-ring (bicyclic) bond motifs is 1. The summed E-state index contributed by atoms with van der Waals surface area (Å²) in [6.45, 7) is 0.494. The van der Waals surface area contributed by atoms with Crippen molar-refractivity contribution in [2.45, 2.75) is 67.6 Å². The lowest BCUT2D eigenvalue weighted by Crippen LogP contribution is -2.62. The van der Waals surface area contributed by atoms with Crippen LogP contribution in [0, 0.1) is 5.92 Å². The van der Waals surface area contributed by atoms with Gasteiger partial charge in [0.05, 0.1) is 25.9 Å². The molecular weight excluding hydrogens is 536 g/mol. The molecule has 0 spiro atoms. The number of phenols is 1. The van der Waals surface area contributed by atoms with E-state index in [0.29, 0.717) is 5.56 Å². The topological polar surface area (TPSA) is 222 Å². The zero-order valence-electron chi connectivity index (χ0n) is 21.6. The third kappa shape index (κ3) is 5.44. The van der Waals surface area contributed by atoms with Gasteiger partial charge in [-0.25, -0.2) is 9.59 Å². The van der Waals surface area contributed by atoms with Gasteiger partial charge < -0.3 is 59.4 Å². The molecule has 3 aliphatic rings. The average molecular weight is 569 g/mol. The Hall–Kier alpha value is -3.08. The number of hydrogen-bond acceptors (Lipinski definition) is 14. The monoisotopic (exact) mass is 568 g/mol. The molecule has 40 heavy (non-hydrogen) atoms. The standard InChI is InChI=1S/C26H32O14/c1-25(34)16(39-17(29)8-5-12-3-6-13(28)7-4-12)9-26(35)14(22(33)36-2)11-37-24(21(25)26)40-23-20(32)19(31)18(30)15(10-27)38-23/h3-8,11,15-16,18-21,23-24,27-28,30-32,34-35H,9-10H2,1-2H3/b8-5+/t15-,16+,18-,19+,20-,21-,23+,24+,25+,26+/m0/s1. The second-order valence-corrected chi connectivity index (χ2v) is 10.0. The van der Waals surface area contributed by atoms with Crippen molar-refractivity contribution in [2.24, 2.45) is 5.92 Å². The van der Waals surface area contributed by atoms with E-state index in [2.05, 4.69) is 0 Å². The van der Waals surface area contributed by atoms with Crippen LogP contribution in [0.5, 0.6) is 5.75 Å². The number of methoxy groups -OCH3 is 1. The van der Waals surface area contributed by atoms with Gasteiger partial charge >= 0.3 is 11.9 Å². The van der Waals surface area contributed by atoms with Crippen molar-refractivity contribution < 1.29 is 69.0 Å². The highest BCUT2D eigenvalue weighted by Gasteiger charge is 2.69. The first-order valence-electron chi connectivity index (χ1n) is 12.4. The van der Waals surface area contributed by atoms with Gasteiger partial charge in [0.1, 0.15) is 53.0 Å². The predicted octanol–water partition coefficient (Wildman–Crippen LogP) is -1.95. The molecule has 14 heteroatoms. The van der Waals surface area contributed by atoms with Gasteiger partial charge in [-0.1, -0.05) is 12.1 Å². The van der Waals surface area contributed by atoms with Crippen molar-refractivity contribution >= 4 is 18.0 Å². The van der Waals surface area contributed by atoms with E-state index in [4.69, 9.17) is 23.7 Å². The zero-order chi connectivity index (χ0) is 29.4. The molecule has 0 aromatic heterocycles. The van der Waals surface area contributed by atoms with Crippen LogP contribution < -0.4 is 0 Å². The molecule has 220 valence electrons. The minimum absolute atomic E-state index is 0.0368. The number of ether oxygens (including phenoxy) is 5. The van der Waals surface area contributed by atoms with Gasteiger partial charge in [-0.15, -0.1) is 0 Å². The van der Waals surface area contributed by atoms with Crippen molar-refractivity contribution in [1.82, 2.24) is 0 Å². The Bertz CT molecular complexity index is 1140. The lowest BCUT2D eigenvalue weighted by molar-refractivity contribution is -0.352. The Labute approximate surface area is 228 Å². The summed E-state index contributed by atoms with van der Waals surface area (Å²) < 4.78 is 26.7. The highest BCUT2D eigenvalue weighted by molar-refractivity contribution is 5.91. The summed E-state index contributed by atoms with van der Waals surface area (Å²) in [6.07, 6.45) is -8.50. The number of hydrogen-bond donors (Lipinski definition) is 7. The Morgan fingerprint density at radius 1 is 1.07 bits per heavy atom. The zero-order valence-corrected chi connectivity index (χ0v) is 21.6. The quantitative estimate of drug-likeness (QED) is 0.140. The third-order valence-electron chi connectivity index (χ3n) is 7.44. The summed E-state index contributed by atoms with van der Waals surface area (Å²) in [4.78, 5) is 25.1. The molecule has 2 fully saturated rings. The van der Waals surface area contributed by atoms with Gasteiger partial charge in [0.2, 0.25) is 6.29 Å². The van der Waals surface area contributed by atoms with Gasteiger partial charge in [0.25, 0.3) is 0 Å². The fraction of sp³-hybridized carbons (Fsp3) is 0.538. The van der Waals surface area contributed by atoms with E-state index >= 15 is 0 Å². The maximum absolute atomic E-state index is 12.6. The molecule has 0 radical (unpaired) electrons. The Kier molecular flexibility index (Phi) is 8.54. The number of esters is 2. The smallest absolute Gasteiger partial charge is 0.339 e. The highest BCUT2D eigenvalue weighted by Crippen LogP contribution is 2.53. The molecule has 1 aliphatic carbocycles. The summed E-state index contributed by atoms with van der Waals surface area (Å²) in [7, 11) is 1.07.